The molecular weight excluding hydrogens is 478 g/mol. The summed E-state index contributed by atoms with van der Waals surface area (Å²) < 4.78 is 7.69. The van der Waals surface area contributed by atoms with Crippen LogP contribution < -0.4 is 5.32 Å². The lowest BCUT2D eigenvalue weighted by atomic mass is 9.76. The highest BCUT2D eigenvalue weighted by Gasteiger charge is 2.46. The average molecular weight is 508 g/mol. The molecule has 38 heavy (non-hydrogen) atoms. The average Bonchev–Trinajstić information content (AvgIpc) is 3.32. The third kappa shape index (κ3) is 4.60. The van der Waals surface area contributed by atoms with E-state index < -0.39 is 5.54 Å². The number of hydrogen-bond donors (Lipinski definition) is 1. The van der Waals surface area contributed by atoms with Crippen LogP contribution in [0.2, 0.25) is 0 Å². The quantitative estimate of drug-likeness (QED) is 0.324. The van der Waals surface area contributed by atoms with Gasteiger partial charge in [0.05, 0.1) is 22.7 Å². The van der Waals surface area contributed by atoms with E-state index >= 15 is 0 Å². The summed E-state index contributed by atoms with van der Waals surface area (Å²) in [7, 11) is 0. The van der Waals surface area contributed by atoms with Gasteiger partial charge in [0.15, 0.2) is 11.5 Å². The van der Waals surface area contributed by atoms with Crippen LogP contribution in [0.3, 0.4) is 0 Å². The fourth-order valence-electron chi connectivity index (χ4n) is 5.54. The highest BCUT2D eigenvalue weighted by molar-refractivity contribution is 6.01. The molecule has 2 aliphatic carbocycles. The van der Waals surface area contributed by atoms with E-state index in [2.05, 4.69) is 21.5 Å². The van der Waals surface area contributed by atoms with Crippen LogP contribution in [-0.4, -0.2) is 32.0 Å². The third-order valence-electron chi connectivity index (χ3n) is 8.14. The second-order valence-corrected chi connectivity index (χ2v) is 10.7. The van der Waals surface area contributed by atoms with E-state index in [9.17, 15) is 14.9 Å². The van der Waals surface area contributed by atoms with Crippen LogP contribution in [0.15, 0.2) is 65.6 Å². The minimum Gasteiger partial charge on any atom is -0.451 e. The Bertz CT molecular complexity index is 1520. The smallest absolute Gasteiger partial charge is 0.287 e. The van der Waals surface area contributed by atoms with E-state index in [1.165, 1.54) is 6.33 Å². The summed E-state index contributed by atoms with van der Waals surface area (Å²) in [5, 5.41) is 17.5. The van der Waals surface area contributed by atoms with Crippen molar-refractivity contribution in [2.24, 2.45) is 5.41 Å². The van der Waals surface area contributed by atoms with Crippen molar-refractivity contribution in [3.63, 3.8) is 0 Å². The molecule has 0 saturated heterocycles. The SMILES string of the molecule is N#CC1(CCC(=O)C2(NC(=O)c3cc4ccc(-c5ccc(-n6cncn6)cc5)cc4o3)CCCCC2)CC1. The maximum atomic E-state index is 13.4. The molecule has 0 unspecified atom stereocenters. The molecule has 2 aromatic carbocycles. The minimum absolute atomic E-state index is 0.0415. The molecule has 0 spiro atoms. The molecule has 0 aliphatic heterocycles. The molecule has 8 heteroatoms. The number of Topliss-reactive ketones (excluding diaryl/α,β-unsaturated/α-hetero) is 1. The number of fused-ring (bicyclic) bond motifs is 1. The monoisotopic (exact) mass is 507 g/mol. The number of amides is 1. The van der Waals surface area contributed by atoms with Crippen molar-refractivity contribution in [2.45, 2.75) is 63.3 Å². The van der Waals surface area contributed by atoms with Crippen molar-refractivity contribution >= 4 is 22.7 Å². The van der Waals surface area contributed by atoms with Crippen molar-refractivity contribution < 1.29 is 14.0 Å². The van der Waals surface area contributed by atoms with Crippen LogP contribution in [0.25, 0.3) is 27.8 Å². The molecule has 192 valence electrons. The molecule has 1 amide bonds. The molecular formula is C30H29N5O3. The zero-order valence-electron chi connectivity index (χ0n) is 21.2. The summed E-state index contributed by atoms with van der Waals surface area (Å²) in [6.07, 6.45) is 9.89. The Morgan fingerprint density at radius 1 is 1.00 bits per heavy atom. The number of nitriles is 1. The molecule has 8 nitrogen and oxygen atoms in total. The van der Waals surface area contributed by atoms with E-state index in [0.717, 1.165) is 54.3 Å². The number of nitrogens with one attached hydrogen (secondary N) is 1. The molecule has 1 N–H and O–H groups in total. The van der Waals surface area contributed by atoms with Crippen molar-refractivity contribution in [3.8, 4) is 22.9 Å². The number of furan rings is 1. The summed E-state index contributed by atoms with van der Waals surface area (Å²) in [4.78, 5) is 30.7. The topological polar surface area (TPSA) is 114 Å². The fourth-order valence-corrected chi connectivity index (χ4v) is 5.54. The number of carbonyl (C=O) groups excluding carboxylic acids is 2. The van der Waals surface area contributed by atoms with E-state index in [0.29, 0.717) is 31.3 Å². The molecule has 2 aliphatic rings. The first-order valence-corrected chi connectivity index (χ1v) is 13.3. The highest BCUT2D eigenvalue weighted by Crippen LogP contribution is 2.49. The number of nitrogens with zero attached hydrogens (tertiary/aromatic N) is 4. The first-order chi connectivity index (χ1) is 18.5. The lowest BCUT2D eigenvalue weighted by Gasteiger charge is -2.36. The van der Waals surface area contributed by atoms with Crippen molar-refractivity contribution in [2.75, 3.05) is 0 Å². The lowest BCUT2D eigenvalue weighted by molar-refractivity contribution is -0.126. The largest absolute Gasteiger partial charge is 0.451 e. The lowest BCUT2D eigenvalue weighted by Crippen LogP contribution is -2.55. The molecule has 2 heterocycles. The van der Waals surface area contributed by atoms with Crippen molar-refractivity contribution in [1.82, 2.24) is 20.1 Å². The molecule has 4 aromatic rings. The Hall–Kier alpha value is -4.25. The Kier molecular flexibility index (Phi) is 6.07. The summed E-state index contributed by atoms with van der Waals surface area (Å²) >= 11 is 0. The standard InChI is InChI=1S/C30H29N5O3/c31-18-29(14-15-29)13-10-27(36)30(11-2-1-3-12-30)34-28(37)26-17-23-5-4-22(16-25(23)38-26)21-6-8-24(9-7-21)35-20-32-19-33-35/h4-9,16-17,19-20H,1-3,10-15H2,(H,34,37). The van der Waals surface area contributed by atoms with Crippen LogP contribution in [0.1, 0.15) is 68.3 Å². The number of benzene rings is 2. The van der Waals surface area contributed by atoms with Crippen LogP contribution in [-0.2, 0) is 4.79 Å². The van der Waals surface area contributed by atoms with Gasteiger partial charge in [-0.25, -0.2) is 9.67 Å². The molecule has 0 radical (unpaired) electrons. The number of aromatic nitrogens is 3. The first kappa shape index (κ1) is 24.1. The third-order valence-corrected chi connectivity index (χ3v) is 8.14. The van der Waals surface area contributed by atoms with Gasteiger partial charge in [-0.05, 0) is 67.5 Å². The summed E-state index contributed by atoms with van der Waals surface area (Å²) in [5.74, 6) is -0.122. The van der Waals surface area contributed by atoms with E-state index in [4.69, 9.17) is 4.42 Å². The Morgan fingerprint density at radius 3 is 2.45 bits per heavy atom. The van der Waals surface area contributed by atoms with Gasteiger partial charge < -0.3 is 9.73 Å². The Labute approximate surface area is 220 Å². The normalized spacial score (nSPS) is 17.6. The van der Waals surface area contributed by atoms with Gasteiger partial charge in [0.2, 0.25) is 0 Å². The predicted octanol–water partition coefficient (Wildman–Crippen LogP) is 5.77. The van der Waals surface area contributed by atoms with Crippen LogP contribution in [0.5, 0.6) is 0 Å². The maximum Gasteiger partial charge on any atom is 0.287 e. The zero-order valence-corrected chi connectivity index (χ0v) is 21.2. The highest BCUT2D eigenvalue weighted by atomic mass is 16.3. The predicted molar refractivity (Wildman–Crippen MR) is 141 cm³/mol. The van der Waals surface area contributed by atoms with Gasteiger partial charge in [0, 0.05) is 11.8 Å². The first-order valence-electron chi connectivity index (χ1n) is 13.3. The van der Waals surface area contributed by atoms with Gasteiger partial charge >= 0.3 is 0 Å². The Balaban J connectivity index is 1.20. The van der Waals surface area contributed by atoms with Gasteiger partial charge in [0.25, 0.3) is 5.91 Å². The summed E-state index contributed by atoms with van der Waals surface area (Å²) in [5.41, 5.74) is 2.29. The molecule has 6 rings (SSSR count). The molecule has 2 saturated carbocycles. The number of rotatable bonds is 8. The maximum absolute atomic E-state index is 13.4. The Morgan fingerprint density at radius 2 is 1.76 bits per heavy atom. The number of carbonyl (C=O) groups is 2. The van der Waals surface area contributed by atoms with Crippen LogP contribution in [0.4, 0.5) is 0 Å². The van der Waals surface area contributed by atoms with Gasteiger partial charge in [-0.1, -0.05) is 43.5 Å². The van der Waals surface area contributed by atoms with Gasteiger partial charge in [0.1, 0.15) is 18.2 Å². The summed E-state index contributed by atoms with van der Waals surface area (Å²) in [6, 6.07) is 17.9. The van der Waals surface area contributed by atoms with Gasteiger partial charge in [-0.15, -0.1) is 0 Å². The van der Waals surface area contributed by atoms with Gasteiger partial charge in [-0.2, -0.15) is 10.4 Å². The minimum atomic E-state index is -0.878. The second-order valence-electron chi connectivity index (χ2n) is 10.7. The molecule has 0 atom stereocenters. The fraction of sp³-hybridized carbons (Fsp3) is 0.367. The van der Waals surface area contributed by atoms with E-state index in [1.807, 2.05) is 42.5 Å². The molecule has 2 aromatic heterocycles. The molecule has 0 bridgehead atoms. The van der Waals surface area contributed by atoms with Gasteiger partial charge in [-0.3, -0.25) is 9.59 Å². The van der Waals surface area contributed by atoms with Crippen molar-refractivity contribution in [1.29, 1.82) is 5.26 Å². The number of ketones is 1. The van der Waals surface area contributed by atoms with E-state index in [1.54, 1.807) is 17.1 Å². The second kappa shape index (κ2) is 9.56. The number of hydrogen-bond acceptors (Lipinski definition) is 6. The molecule has 2 fully saturated rings. The van der Waals surface area contributed by atoms with E-state index in [-0.39, 0.29) is 22.9 Å². The zero-order chi connectivity index (χ0) is 26.2. The van der Waals surface area contributed by atoms with Crippen molar-refractivity contribution in [3.05, 3.63) is 66.9 Å². The summed E-state index contributed by atoms with van der Waals surface area (Å²) in [6.45, 7) is 0. The van der Waals surface area contributed by atoms with Crippen LogP contribution in [0, 0.1) is 16.7 Å². The van der Waals surface area contributed by atoms with Crippen LogP contribution >= 0.6 is 0 Å².